The minimum atomic E-state index is -0.476. The van der Waals surface area contributed by atoms with E-state index in [0.29, 0.717) is 0 Å². The van der Waals surface area contributed by atoms with Crippen molar-refractivity contribution in [1.29, 1.82) is 0 Å². The Morgan fingerprint density at radius 1 is 1.46 bits per heavy atom. The summed E-state index contributed by atoms with van der Waals surface area (Å²) in [6.45, 7) is 1.94. The highest BCUT2D eigenvalue weighted by Crippen LogP contribution is 2.16. The number of nitrogens with zero attached hydrogens (tertiary/aromatic N) is 1. The van der Waals surface area contributed by atoms with Gasteiger partial charge in [-0.2, -0.15) is 0 Å². The van der Waals surface area contributed by atoms with Gasteiger partial charge in [0, 0.05) is 10.5 Å². The van der Waals surface area contributed by atoms with Gasteiger partial charge in [-0.1, -0.05) is 22.0 Å². The third-order valence-corrected chi connectivity index (χ3v) is 1.91. The van der Waals surface area contributed by atoms with Crippen LogP contribution in [0.25, 0.3) is 6.08 Å². The summed E-state index contributed by atoms with van der Waals surface area (Å²) in [5.74, 6) is 0. The molecule has 0 unspecified atom stereocenters. The molecule has 0 saturated heterocycles. The zero-order valence-corrected chi connectivity index (χ0v) is 8.61. The maximum Gasteiger partial charge on any atom is 0.235 e. The quantitative estimate of drug-likeness (QED) is 0.590. The van der Waals surface area contributed by atoms with Gasteiger partial charge in [-0.15, -0.1) is 0 Å². The van der Waals surface area contributed by atoms with Crippen molar-refractivity contribution in [2.75, 3.05) is 0 Å². The lowest BCUT2D eigenvalue weighted by molar-refractivity contribution is -0.400. The molecule has 3 nitrogen and oxygen atoms in total. The van der Waals surface area contributed by atoms with E-state index in [9.17, 15) is 10.1 Å². The van der Waals surface area contributed by atoms with Crippen LogP contribution in [0, 0.1) is 17.0 Å². The van der Waals surface area contributed by atoms with Gasteiger partial charge in [0.05, 0.1) is 4.92 Å². The van der Waals surface area contributed by atoms with Crippen LogP contribution in [0.4, 0.5) is 0 Å². The van der Waals surface area contributed by atoms with E-state index in [0.717, 1.165) is 21.8 Å². The summed E-state index contributed by atoms with van der Waals surface area (Å²) in [4.78, 5) is 9.57. The summed E-state index contributed by atoms with van der Waals surface area (Å²) < 4.78 is 0.926. The highest BCUT2D eigenvalue weighted by molar-refractivity contribution is 9.10. The van der Waals surface area contributed by atoms with Gasteiger partial charge in [-0.3, -0.25) is 10.1 Å². The molecule has 68 valence electrons. The molecule has 0 aliphatic rings. The van der Waals surface area contributed by atoms with Gasteiger partial charge in [0.15, 0.2) is 0 Å². The fourth-order valence-electron chi connectivity index (χ4n) is 1.01. The van der Waals surface area contributed by atoms with E-state index < -0.39 is 4.92 Å². The van der Waals surface area contributed by atoms with Crippen LogP contribution in [0.3, 0.4) is 0 Å². The van der Waals surface area contributed by atoms with Gasteiger partial charge >= 0.3 is 0 Å². The van der Waals surface area contributed by atoms with Crippen molar-refractivity contribution in [3.05, 3.63) is 50.1 Å². The van der Waals surface area contributed by atoms with Crippen LogP contribution in [0.5, 0.6) is 0 Å². The summed E-state index contributed by atoms with van der Waals surface area (Å²) in [5, 5.41) is 10.0. The van der Waals surface area contributed by atoms with Gasteiger partial charge in [-0.25, -0.2) is 0 Å². The number of benzene rings is 1. The van der Waals surface area contributed by atoms with E-state index in [2.05, 4.69) is 15.9 Å². The molecule has 1 rings (SSSR count). The van der Waals surface area contributed by atoms with E-state index >= 15 is 0 Å². The second-order valence-electron chi connectivity index (χ2n) is 2.66. The second kappa shape index (κ2) is 4.18. The Bertz CT molecular complexity index is 340. The van der Waals surface area contributed by atoms with Crippen molar-refractivity contribution < 1.29 is 4.92 Å². The standard InChI is InChI=1S/C9H8BrNO2/c1-7-4-8(2-3-11(12)13)6-9(10)5-7/h2-6H,1H3/b3-2+. The molecular formula is C9H8BrNO2. The zero-order valence-electron chi connectivity index (χ0n) is 7.03. The van der Waals surface area contributed by atoms with Crippen LogP contribution >= 0.6 is 15.9 Å². The molecule has 13 heavy (non-hydrogen) atoms. The predicted molar refractivity (Wildman–Crippen MR) is 54.9 cm³/mol. The highest BCUT2D eigenvalue weighted by atomic mass is 79.9. The molecule has 4 heteroatoms. The fourth-order valence-corrected chi connectivity index (χ4v) is 1.63. The van der Waals surface area contributed by atoms with Crippen LogP contribution < -0.4 is 0 Å². The lowest BCUT2D eigenvalue weighted by atomic mass is 10.1. The molecule has 0 N–H and O–H groups in total. The highest BCUT2D eigenvalue weighted by Gasteiger charge is 1.94. The lowest BCUT2D eigenvalue weighted by Crippen LogP contribution is -1.83. The molecule has 0 amide bonds. The summed E-state index contributed by atoms with van der Waals surface area (Å²) in [6.07, 6.45) is 2.40. The molecule has 1 aromatic carbocycles. The van der Waals surface area contributed by atoms with Crippen molar-refractivity contribution in [1.82, 2.24) is 0 Å². The average molecular weight is 242 g/mol. The molecule has 0 bridgehead atoms. The summed E-state index contributed by atoms with van der Waals surface area (Å²) in [6, 6.07) is 5.65. The van der Waals surface area contributed by atoms with Crippen molar-refractivity contribution in [3.8, 4) is 0 Å². The van der Waals surface area contributed by atoms with E-state index in [-0.39, 0.29) is 0 Å². The van der Waals surface area contributed by atoms with E-state index in [1.54, 1.807) is 0 Å². The third-order valence-electron chi connectivity index (χ3n) is 1.45. The van der Waals surface area contributed by atoms with Crippen molar-refractivity contribution in [2.24, 2.45) is 0 Å². The first kappa shape index (κ1) is 9.92. The van der Waals surface area contributed by atoms with Gasteiger partial charge in [0.25, 0.3) is 0 Å². The van der Waals surface area contributed by atoms with Crippen molar-refractivity contribution in [3.63, 3.8) is 0 Å². The normalized spacial score (nSPS) is 10.6. The Hall–Kier alpha value is -1.16. The Balaban J connectivity index is 2.95. The molecule has 0 radical (unpaired) electrons. The molecule has 0 aliphatic carbocycles. The molecule has 0 aromatic heterocycles. The zero-order chi connectivity index (χ0) is 9.84. The monoisotopic (exact) mass is 241 g/mol. The van der Waals surface area contributed by atoms with Crippen LogP contribution in [-0.4, -0.2) is 4.92 Å². The Kier molecular flexibility index (Phi) is 3.19. The molecule has 0 heterocycles. The second-order valence-corrected chi connectivity index (χ2v) is 3.58. The fraction of sp³-hybridized carbons (Fsp3) is 0.111. The maximum absolute atomic E-state index is 10.0. The van der Waals surface area contributed by atoms with Crippen LogP contribution in [0.15, 0.2) is 28.9 Å². The molecule has 0 saturated carbocycles. The number of aryl methyl sites for hydroxylation is 1. The van der Waals surface area contributed by atoms with Crippen LogP contribution in [0.1, 0.15) is 11.1 Å². The number of halogens is 1. The number of nitro groups is 1. The molecular weight excluding hydrogens is 234 g/mol. The first-order chi connectivity index (χ1) is 6.08. The first-order valence-corrected chi connectivity index (χ1v) is 4.46. The maximum atomic E-state index is 10.0. The minimum absolute atomic E-state index is 0.476. The minimum Gasteiger partial charge on any atom is -0.259 e. The predicted octanol–water partition coefficient (Wildman–Crippen LogP) is 3.00. The van der Waals surface area contributed by atoms with Crippen molar-refractivity contribution >= 4 is 22.0 Å². The van der Waals surface area contributed by atoms with E-state index in [1.807, 2.05) is 25.1 Å². The molecule has 0 aliphatic heterocycles. The summed E-state index contributed by atoms with van der Waals surface area (Å²) in [5.41, 5.74) is 1.89. The SMILES string of the molecule is Cc1cc(Br)cc(/C=C/[N+](=O)[O-])c1. The van der Waals surface area contributed by atoms with E-state index in [4.69, 9.17) is 0 Å². The van der Waals surface area contributed by atoms with Gasteiger partial charge in [0.2, 0.25) is 6.20 Å². The molecule has 1 aromatic rings. The molecule has 0 fully saturated rings. The smallest absolute Gasteiger partial charge is 0.235 e. The van der Waals surface area contributed by atoms with Gasteiger partial charge in [-0.05, 0) is 30.2 Å². The largest absolute Gasteiger partial charge is 0.259 e. The summed E-state index contributed by atoms with van der Waals surface area (Å²) in [7, 11) is 0. The topological polar surface area (TPSA) is 43.1 Å². The summed E-state index contributed by atoms with van der Waals surface area (Å²) >= 11 is 3.32. The number of rotatable bonds is 2. The van der Waals surface area contributed by atoms with Gasteiger partial charge < -0.3 is 0 Å². The Morgan fingerprint density at radius 2 is 2.15 bits per heavy atom. The Morgan fingerprint density at radius 3 is 2.69 bits per heavy atom. The van der Waals surface area contributed by atoms with Crippen LogP contribution in [-0.2, 0) is 0 Å². The lowest BCUT2D eigenvalue weighted by Gasteiger charge is -1.96. The first-order valence-electron chi connectivity index (χ1n) is 3.67. The van der Waals surface area contributed by atoms with Crippen LogP contribution in [0.2, 0.25) is 0 Å². The molecule has 0 atom stereocenters. The number of hydrogen-bond donors (Lipinski definition) is 0. The average Bonchev–Trinajstić information content (AvgIpc) is 1.99. The Labute approximate surface area is 84.4 Å². The molecule has 0 spiro atoms. The van der Waals surface area contributed by atoms with Crippen molar-refractivity contribution in [2.45, 2.75) is 6.92 Å². The third kappa shape index (κ3) is 3.38. The van der Waals surface area contributed by atoms with Gasteiger partial charge in [0.1, 0.15) is 0 Å². The van der Waals surface area contributed by atoms with E-state index in [1.165, 1.54) is 6.08 Å². The number of hydrogen-bond acceptors (Lipinski definition) is 2.